The predicted molar refractivity (Wildman–Crippen MR) is 101 cm³/mol. The zero-order valence-electron chi connectivity index (χ0n) is 15.2. The normalized spacial score (nSPS) is 15.8. The Morgan fingerprint density at radius 2 is 1.75 bits per heavy atom. The average molecular weight is 323 g/mol. The van der Waals surface area contributed by atoms with E-state index in [1.165, 1.54) is 43.5 Å². The van der Waals surface area contributed by atoms with Crippen molar-refractivity contribution in [2.75, 3.05) is 0 Å². The van der Waals surface area contributed by atoms with Crippen molar-refractivity contribution in [2.24, 2.45) is 5.92 Å². The van der Waals surface area contributed by atoms with E-state index in [1.807, 2.05) is 13.0 Å². The van der Waals surface area contributed by atoms with E-state index in [4.69, 9.17) is 0 Å². The first kappa shape index (κ1) is 17.0. The van der Waals surface area contributed by atoms with Gasteiger partial charge in [-0.2, -0.15) is 0 Å². The van der Waals surface area contributed by atoms with Gasteiger partial charge < -0.3 is 4.57 Å². The molecule has 3 rings (SSSR count). The SMILES string of the molecule is Cc1c(C2CCCCC2)n(-c2ccccc2)c(CC(C)C)cc1=O. The number of aromatic nitrogens is 1. The predicted octanol–water partition coefficient (Wildman–Crippen LogP) is 5.39. The summed E-state index contributed by atoms with van der Waals surface area (Å²) in [7, 11) is 0. The van der Waals surface area contributed by atoms with E-state index in [2.05, 4.69) is 48.7 Å². The first-order valence-corrected chi connectivity index (χ1v) is 9.38. The van der Waals surface area contributed by atoms with Gasteiger partial charge in [0.15, 0.2) is 5.43 Å². The minimum Gasteiger partial charge on any atom is -0.317 e. The number of benzene rings is 1. The molecule has 1 aromatic carbocycles. The van der Waals surface area contributed by atoms with Crippen LogP contribution in [-0.2, 0) is 6.42 Å². The molecule has 128 valence electrons. The molecule has 2 nitrogen and oxygen atoms in total. The summed E-state index contributed by atoms with van der Waals surface area (Å²) in [6, 6.07) is 12.4. The lowest BCUT2D eigenvalue weighted by atomic mass is 9.84. The van der Waals surface area contributed by atoms with Crippen molar-refractivity contribution in [3.63, 3.8) is 0 Å². The molecule has 1 aromatic heterocycles. The van der Waals surface area contributed by atoms with Crippen LogP contribution in [0.5, 0.6) is 0 Å². The van der Waals surface area contributed by atoms with Crippen LogP contribution < -0.4 is 5.43 Å². The van der Waals surface area contributed by atoms with Crippen molar-refractivity contribution in [2.45, 2.75) is 65.2 Å². The van der Waals surface area contributed by atoms with Crippen LogP contribution in [0.3, 0.4) is 0 Å². The summed E-state index contributed by atoms with van der Waals surface area (Å²) in [5, 5.41) is 0. The van der Waals surface area contributed by atoms with E-state index >= 15 is 0 Å². The Kier molecular flexibility index (Phi) is 5.23. The first-order valence-electron chi connectivity index (χ1n) is 9.38. The lowest BCUT2D eigenvalue weighted by molar-refractivity contribution is 0.427. The van der Waals surface area contributed by atoms with Crippen LogP contribution in [0.4, 0.5) is 0 Å². The standard InChI is InChI=1S/C22H29NO/c1-16(2)14-20-15-21(24)17(3)22(18-10-6-4-7-11-18)23(20)19-12-8-5-9-13-19/h5,8-9,12-13,15-16,18H,4,6-7,10-11,14H2,1-3H3. The Labute approximate surface area is 145 Å². The minimum atomic E-state index is 0.207. The van der Waals surface area contributed by atoms with Crippen LogP contribution >= 0.6 is 0 Å². The maximum atomic E-state index is 12.7. The Bertz CT molecular complexity index is 737. The fourth-order valence-corrected chi connectivity index (χ4v) is 4.09. The molecule has 0 amide bonds. The summed E-state index contributed by atoms with van der Waals surface area (Å²) < 4.78 is 2.40. The number of hydrogen-bond donors (Lipinski definition) is 0. The summed E-state index contributed by atoms with van der Waals surface area (Å²) >= 11 is 0. The van der Waals surface area contributed by atoms with Gasteiger partial charge in [0.25, 0.3) is 0 Å². The zero-order chi connectivity index (χ0) is 17.1. The average Bonchev–Trinajstić information content (AvgIpc) is 2.58. The summed E-state index contributed by atoms with van der Waals surface area (Å²) in [5.41, 5.74) is 4.77. The molecule has 2 heteroatoms. The second kappa shape index (κ2) is 7.38. The summed E-state index contributed by atoms with van der Waals surface area (Å²) in [6.07, 6.45) is 7.24. The van der Waals surface area contributed by atoms with Crippen LogP contribution in [0.25, 0.3) is 5.69 Å². The van der Waals surface area contributed by atoms with Crippen molar-refractivity contribution in [1.29, 1.82) is 0 Å². The fourth-order valence-electron chi connectivity index (χ4n) is 4.09. The number of hydrogen-bond acceptors (Lipinski definition) is 1. The Morgan fingerprint density at radius 1 is 1.08 bits per heavy atom. The smallest absolute Gasteiger partial charge is 0.185 e. The van der Waals surface area contributed by atoms with Crippen LogP contribution in [0.15, 0.2) is 41.2 Å². The number of rotatable bonds is 4. The summed E-state index contributed by atoms with van der Waals surface area (Å²) in [4.78, 5) is 12.7. The molecule has 0 aliphatic heterocycles. The van der Waals surface area contributed by atoms with E-state index in [1.54, 1.807) is 0 Å². The van der Waals surface area contributed by atoms with Crippen LogP contribution in [0.2, 0.25) is 0 Å². The minimum absolute atomic E-state index is 0.207. The number of para-hydroxylation sites is 1. The lowest BCUT2D eigenvalue weighted by Gasteiger charge is -2.29. The van der Waals surface area contributed by atoms with Gasteiger partial charge in [-0.25, -0.2) is 0 Å². The molecular weight excluding hydrogens is 294 g/mol. The highest BCUT2D eigenvalue weighted by Gasteiger charge is 2.24. The topological polar surface area (TPSA) is 22.0 Å². The van der Waals surface area contributed by atoms with E-state index < -0.39 is 0 Å². The van der Waals surface area contributed by atoms with Gasteiger partial charge in [0.05, 0.1) is 0 Å². The maximum Gasteiger partial charge on any atom is 0.185 e. The molecule has 0 N–H and O–H groups in total. The number of nitrogens with zero attached hydrogens (tertiary/aromatic N) is 1. The molecule has 0 saturated heterocycles. The third-order valence-electron chi connectivity index (χ3n) is 5.20. The third kappa shape index (κ3) is 3.48. The molecule has 1 aliphatic carbocycles. The molecule has 0 spiro atoms. The molecule has 1 aliphatic rings. The van der Waals surface area contributed by atoms with Gasteiger partial charge in [-0.3, -0.25) is 4.79 Å². The fraction of sp³-hybridized carbons (Fsp3) is 0.500. The van der Waals surface area contributed by atoms with Gasteiger partial charge in [-0.1, -0.05) is 51.3 Å². The van der Waals surface area contributed by atoms with Crippen molar-refractivity contribution in [1.82, 2.24) is 4.57 Å². The maximum absolute atomic E-state index is 12.7. The quantitative estimate of drug-likeness (QED) is 0.739. The second-order valence-electron chi connectivity index (χ2n) is 7.61. The van der Waals surface area contributed by atoms with Gasteiger partial charge in [0.1, 0.15) is 0 Å². The molecule has 0 radical (unpaired) electrons. The molecule has 0 atom stereocenters. The highest BCUT2D eigenvalue weighted by molar-refractivity contribution is 5.41. The van der Waals surface area contributed by atoms with Crippen molar-refractivity contribution >= 4 is 0 Å². The molecule has 0 bridgehead atoms. The first-order chi connectivity index (χ1) is 11.6. The van der Waals surface area contributed by atoms with Crippen molar-refractivity contribution < 1.29 is 0 Å². The van der Waals surface area contributed by atoms with Gasteiger partial charge in [-0.15, -0.1) is 0 Å². The molecular formula is C22H29NO. The van der Waals surface area contributed by atoms with Crippen molar-refractivity contribution in [3.8, 4) is 5.69 Å². The van der Waals surface area contributed by atoms with Gasteiger partial charge in [0.2, 0.25) is 0 Å². The number of pyridine rings is 1. The monoisotopic (exact) mass is 323 g/mol. The molecule has 1 heterocycles. The zero-order valence-corrected chi connectivity index (χ0v) is 15.2. The van der Waals surface area contributed by atoms with Gasteiger partial charge in [-0.05, 0) is 50.2 Å². The molecule has 1 fully saturated rings. The Balaban J connectivity index is 2.24. The van der Waals surface area contributed by atoms with E-state index in [9.17, 15) is 4.79 Å². The third-order valence-corrected chi connectivity index (χ3v) is 5.20. The molecule has 0 unspecified atom stereocenters. The Hall–Kier alpha value is -1.83. The van der Waals surface area contributed by atoms with Crippen LogP contribution in [0.1, 0.15) is 68.8 Å². The second-order valence-corrected chi connectivity index (χ2v) is 7.61. The Morgan fingerprint density at radius 3 is 2.38 bits per heavy atom. The lowest BCUT2D eigenvalue weighted by Crippen LogP contribution is -2.24. The molecule has 2 aromatic rings. The van der Waals surface area contributed by atoms with Gasteiger partial charge >= 0.3 is 0 Å². The highest BCUT2D eigenvalue weighted by Crippen LogP contribution is 2.35. The molecule has 24 heavy (non-hydrogen) atoms. The van der Waals surface area contributed by atoms with E-state index in [0.717, 1.165) is 17.7 Å². The summed E-state index contributed by atoms with van der Waals surface area (Å²) in [6.45, 7) is 6.46. The van der Waals surface area contributed by atoms with E-state index in [-0.39, 0.29) is 5.43 Å². The van der Waals surface area contributed by atoms with Crippen LogP contribution in [-0.4, -0.2) is 4.57 Å². The largest absolute Gasteiger partial charge is 0.317 e. The van der Waals surface area contributed by atoms with E-state index in [0.29, 0.717) is 11.8 Å². The van der Waals surface area contributed by atoms with Crippen LogP contribution in [0, 0.1) is 12.8 Å². The summed E-state index contributed by atoms with van der Waals surface area (Å²) in [5.74, 6) is 1.04. The van der Waals surface area contributed by atoms with Crippen molar-refractivity contribution in [3.05, 3.63) is 63.6 Å². The highest BCUT2D eigenvalue weighted by atomic mass is 16.1. The van der Waals surface area contributed by atoms with Gasteiger partial charge in [0, 0.05) is 28.7 Å². The molecule has 1 saturated carbocycles.